The van der Waals surface area contributed by atoms with E-state index in [1.54, 1.807) is 0 Å². The van der Waals surface area contributed by atoms with Crippen LogP contribution in [0.2, 0.25) is 0 Å². The number of thioether (sulfide) groups is 1. The highest BCUT2D eigenvalue weighted by Gasteiger charge is 2.56. The van der Waals surface area contributed by atoms with Crippen molar-refractivity contribution in [3.05, 3.63) is 0 Å². The maximum absolute atomic E-state index is 13.4. The smallest absolute Gasteiger partial charge is 0.289 e. The SMILES string of the molecule is O=C1CSC(=O)N1C1CCN(C(=O)C23CC4CC(CC(C4)C2)C3)C1. The molecule has 4 saturated carbocycles. The van der Waals surface area contributed by atoms with E-state index in [1.807, 2.05) is 4.90 Å². The van der Waals surface area contributed by atoms with Crippen LogP contribution in [0.5, 0.6) is 0 Å². The predicted octanol–water partition coefficient (Wildman–Crippen LogP) is 2.50. The Morgan fingerprint density at radius 1 is 1.04 bits per heavy atom. The predicted molar refractivity (Wildman–Crippen MR) is 90.3 cm³/mol. The number of amides is 3. The minimum atomic E-state index is -0.130. The van der Waals surface area contributed by atoms with Crippen LogP contribution in [0.15, 0.2) is 0 Å². The van der Waals surface area contributed by atoms with E-state index in [0.29, 0.717) is 19.0 Å². The van der Waals surface area contributed by atoms with Crippen LogP contribution in [0.25, 0.3) is 0 Å². The van der Waals surface area contributed by atoms with Gasteiger partial charge in [0.1, 0.15) is 0 Å². The Bertz CT molecular complexity index is 568. The van der Waals surface area contributed by atoms with Crippen molar-refractivity contribution in [1.29, 1.82) is 0 Å². The van der Waals surface area contributed by atoms with Gasteiger partial charge in [-0.25, -0.2) is 0 Å². The molecule has 0 aromatic rings. The molecule has 2 saturated heterocycles. The first-order chi connectivity index (χ1) is 11.5. The summed E-state index contributed by atoms with van der Waals surface area (Å²) in [5.74, 6) is 2.79. The van der Waals surface area contributed by atoms with Crippen LogP contribution in [-0.2, 0) is 9.59 Å². The summed E-state index contributed by atoms with van der Waals surface area (Å²) >= 11 is 1.09. The van der Waals surface area contributed by atoms with E-state index < -0.39 is 0 Å². The van der Waals surface area contributed by atoms with E-state index in [2.05, 4.69) is 0 Å². The third-order valence-corrected chi connectivity index (χ3v) is 7.93. The van der Waals surface area contributed by atoms with Crippen molar-refractivity contribution in [2.24, 2.45) is 23.2 Å². The topological polar surface area (TPSA) is 57.7 Å². The number of hydrogen-bond donors (Lipinski definition) is 0. The average molecular weight is 348 g/mol. The number of carbonyl (C=O) groups excluding carboxylic acids is 3. The Morgan fingerprint density at radius 2 is 1.67 bits per heavy atom. The van der Waals surface area contributed by atoms with Crippen LogP contribution in [0, 0.1) is 23.2 Å². The molecule has 1 unspecified atom stereocenters. The quantitative estimate of drug-likeness (QED) is 0.769. The van der Waals surface area contributed by atoms with Gasteiger partial charge in [0.05, 0.1) is 17.2 Å². The van der Waals surface area contributed by atoms with Crippen molar-refractivity contribution in [3.8, 4) is 0 Å². The Balaban J connectivity index is 1.32. The molecule has 0 spiro atoms. The van der Waals surface area contributed by atoms with Crippen molar-refractivity contribution in [3.63, 3.8) is 0 Å². The number of likely N-dealkylation sites (tertiary alicyclic amines) is 1. The second kappa shape index (κ2) is 5.23. The molecule has 3 amide bonds. The minimum Gasteiger partial charge on any atom is -0.340 e. The fourth-order valence-corrected chi connectivity index (χ4v) is 7.34. The highest BCUT2D eigenvalue weighted by Crippen LogP contribution is 2.60. The summed E-state index contributed by atoms with van der Waals surface area (Å²) in [6.07, 6.45) is 7.99. The number of imide groups is 1. The van der Waals surface area contributed by atoms with Crippen LogP contribution in [0.4, 0.5) is 4.79 Å². The van der Waals surface area contributed by atoms with Gasteiger partial charge in [-0.15, -0.1) is 0 Å². The largest absolute Gasteiger partial charge is 0.340 e. The first-order valence-corrected chi connectivity index (χ1v) is 10.3. The molecule has 4 bridgehead atoms. The molecular weight excluding hydrogens is 324 g/mol. The lowest BCUT2D eigenvalue weighted by molar-refractivity contribution is -0.156. The molecule has 0 N–H and O–H groups in total. The molecular formula is C18H24N2O3S. The van der Waals surface area contributed by atoms with Crippen molar-refractivity contribution >= 4 is 28.8 Å². The molecule has 6 fully saturated rings. The molecule has 2 aliphatic heterocycles. The summed E-state index contributed by atoms with van der Waals surface area (Å²) < 4.78 is 0. The molecule has 130 valence electrons. The molecule has 6 rings (SSSR count). The zero-order valence-corrected chi connectivity index (χ0v) is 14.7. The summed E-state index contributed by atoms with van der Waals surface area (Å²) in [6, 6.07) is -0.0992. The van der Waals surface area contributed by atoms with E-state index in [9.17, 15) is 14.4 Å². The molecule has 6 heteroatoms. The summed E-state index contributed by atoms with van der Waals surface area (Å²) in [5.41, 5.74) is -0.114. The molecule has 1 atom stereocenters. The molecule has 2 heterocycles. The van der Waals surface area contributed by atoms with E-state index in [0.717, 1.165) is 55.2 Å². The minimum absolute atomic E-state index is 0.0842. The molecule has 24 heavy (non-hydrogen) atoms. The Kier molecular flexibility index (Phi) is 3.32. The van der Waals surface area contributed by atoms with Crippen LogP contribution in [-0.4, -0.2) is 51.7 Å². The van der Waals surface area contributed by atoms with Gasteiger partial charge < -0.3 is 4.90 Å². The van der Waals surface area contributed by atoms with Crippen LogP contribution >= 0.6 is 11.8 Å². The molecule has 0 aromatic carbocycles. The second-order valence-electron chi connectivity index (χ2n) is 8.71. The number of nitrogens with zero attached hydrogens (tertiary/aromatic N) is 2. The highest BCUT2D eigenvalue weighted by atomic mass is 32.2. The zero-order valence-electron chi connectivity index (χ0n) is 13.9. The maximum atomic E-state index is 13.4. The summed E-state index contributed by atoms with van der Waals surface area (Å²) in [4.78, 5) is 40.6. The summed E-state index contributed by atoms with van der Waals surface area (Å²) in [7, 11) is 0. The standard InChI is InChI=1S/C18H24N2O3S/c21-15-10-24-17(23)20(15)14-1-2-19(9-14)16(22)18-6-11-3-12(7-18)5-13(4-11)8-18/h11-14H,1-10H2. The van der Waals surface area contributed by atoms with Crippen molar-refractivity contribution in [1.82, 2.24) is 9.80 Å². The van der Waals surface area contributed by atoms with Gasteiger partial charge in [-0.3, -0.25) is 19.3 Å². The summed E-state index contributed by atoms with van der Waals surface area (Å²) in [5, 5.41) is -0.130. The van der Waals surface area contributed by atoms with E-state index in [4.69, 9.17) is 0 Å². The Hall–Kier alpha value is -1.04. The first kappa shape index (κ1) is 15.2. The Labute approximate surface area is 146 Å². The van der Waals surface area contributed by atoms with Gasteiger partial charge >= 0.3 is 0 Å². The van der Waals surface area contributed by atoms with Gasteiger partial charge in [0.2, 0.25) is 11.8 Å². The maximum Gasteiger partial charge on any atom is 0.289 e. The molecule has 4 aliphatic carbocycles. The van der Waals surface area contributed by atoms with Crippen molar-refractivity contribution < 1.29 is 14.4 Å². The third kappa shape index (κ3) is 2.18. The van der Waals surface area contributed by atoms with E-state index in [1.165, 1.54) is 24.2 Å². The van der Waals surface area contributed by atoms with Gasteiger partial charge in [0, 0.05) is 13.1 Å². The van der Waals surface area contributed by atoms with Gasteiger partial charge in [0.25, 0.3) is 5.24 Å². The van der Waals surface area contributed by atoms with Crippen LogP contribution in [0.1, 0.15) is 44.9 Å². The molecule has 5 nitrogen and oxygen atoms in total. The van der Waals surface area contributed by atoms with Gasteiger partial charge in [0.15, 0.2) is 0 Å². The zero-order chi connectivity index (χ0) is 16.5. The lowest BCUT2D eigenvalue weighted by Gasteiger charge is -2.56. The number of carbonyl (C=O) groups is 3. The average Bonchev–Trinajstić information content (AvgIpc) is 3.12. The third-order valence-electron chi connectivity index (χ3n) is 7.09. The first-order valence-electron chi connectivity index (χ1n) is 9.32. The monoisotopic (exact) mass is 348 g/mol. The molecule has 6 aliphatic rings. The Morgan fingerprint density at radius 3 is 2.21 bits per heavy atom. The lowest BCUT2D eigenvalue weighted by atomic mass is 9.49. The molecule has 0 radical (unpaired) electrons. The fraction of sp³-hybridized carbons (Fsp3) is 0.833. The lowest BCUT2D eigenvalue weighted by Crippen LogP contribution is -2.54. The van der Waals surface area contributed by atoms with E-state index in [-0.39, 0.29) is 28.4 Å². The summed E-state index contributed by atoms with van der Waals surface area (Å²) in [6.45, 7) is 1.26. The number of rotatable bonds is 2. The van der Waals surface area contributed by atoms with Crippen LogP contribution < -0.4 is 0 Å². The van der Waals surface area contributed by atoms with Gasteiger partial charge in [-0.05, 0) is 62.7 Å². The van der Waals surface area contributed by atoms with Crippen molar-refractivity contribution in [2.45, 2.75) is 51.0 Å². The highest BCUT2D eigenvalue weighted by molar-refractivity contribution is 8.14. The van der Waals surface area contributed by atoms with E-state index >= 15 is 0 Å². The van der Waals surface area contributed by atoms with Crippen molar-refractivity contribution in [2.75, 3.05) is 18.8 Å². The number of hydrogen-bond acceptors (Lipinski definition) is 4. The van der Waals surface area contributed by atoms with Crippen LogP contribution in [0.3, 0.4) is 0 Å². The normalized spacial score (nSPS) is 44.0. The van der Waals surface area contributed by atoms with Gasteiger partial charge in [-0.1, -0.05) is 11.8 Å². The second-order valence-corrected chi connectivity index (χ2v) is 9.64. The fourth-order valence-electron chi connectivity index (χ4n) is 6.56. The molecule has 0 aromatic heterocycles. The van der Waals surface area contributed by atoms with Gasteiger partial charge in [-0.2, -0.15) is 0 Å².